The molecule has 18 heavy (non-hydrogen) atoms. The van der Waals surface area contributed by atoms with Gasteiger partial charge in [0.2, 0.25) is 0 Å². The predicted molar refractivity (Wildman–Crippen MR) is 74.2 cm³/mol. The summed E-state index contributed by atoms with van der Waals surface area (Å²) in [6.07, 6.45) is 0. The molecule has 0 aliphatic carbocycles. The van der Waals surface area contributed by atoms with E-state index in [4.69, 9.17) is 10.5 Å². The van der Waals surface area contributed by atoms with E-state index in [1.807, 2.05) is 18.2 Å². The second-order valence-corrected chi connectivity index (χ2v) is 4.52. The molecule has 2 rings (SSSR count). The van der Waals surface area contributed by atoms with Gasteiger partial charge in [-0.3, -0.25) is 0 Å². The van der Waals surface area contributed by atoms with Gasteiger partial charge in [0, 0.05) is 0 Å². The predicted octanol–water partition coefficient (Wildman–Crippen LogP) is 3.21. The van der Waals surface area contributed by atoms with Crippen LogP contribution in [0.4, 0.5) is 0 Å². The minimum absolute atomic E-state index is 0.0608. The van der Waals surface area contributed by atoms with Crippen LogP contribution < -0.4 is 5.73 Å². The standard InChI is InChI=1S/C16H19NO/c1-13-7-9-15(10-8-13)16(17)12-18-11-14-5-3-2-4-6-14/h2-10,16H,11-12,17H2,1H3. The van der Waals surface area contributed by atoms with Crippen LogP contribution in [0.1, 0.15) is 22.7 Å². The number of rotatable bonds is 5. The summed E-state index contributed by atoms with van der Waals surface area (Å²) in [5, 5.41) is 0. The summed E-state index contributed by atoms with van der Waals surface area (Å²) in [5.74, 6) is 0. The van der Waals surface area contributed by atoms with E-state index in [9.17, 15) is 0 Å². The third-order valence-electron chi connectivity index (χ3n) is 2.91. The minimum Gasteiger partial charge on any atom is -0.375 e. The molecule has 0 aliphatic heterocycles. The third kappa shape index (κ3) is 3.69. The van der Waals surface area contributed by atoms with Crippen molar-refractivity contribution in [1.82, 2.24) is 0 Å². The Morgan fingerprint density at radius 1 is 1.00 bits per heavy atom. The monoisotopic (exact) mass is 241 g/mol. The van der Waals surface area contributed by atoms with Crippen molar-refractivity contribution in [3.8, 4) is 0 Å². The molecular weight excluding hydrogens is 222 g/mol. The highest BCUT2D eigenvalue weighted by Gasteiger charge is 2.05. The van der Waals surface area contributed by atoms with E-state index in [2.05, 4.69) is 43.3 Å². The molecule has 0 amide bonds. The molecule has 0 fully saturated rings. The molecule has 0 heterocycles. The average Bonchev–Trinajstić information content (AvgIpc) is 2.40. The molecule has 2 N–H and O–H groups in total. The lowest BCUT2D eigenvalue weighted by atomic mass is 10.1. The first-order valence-electron chi connectivity index (χ1n) is 6.19. The maximum atomic E-state index is 6.08. The molecule has 0 saturated heterocycles. The van der Waals surface area contributed by atoms with Gasteiger partial charge in [-0.05, 0) is 18.1 Å². The summed E-state index contributed by atoms with van der Waals surface area (Å²) in [5.41, 5.74) is 9.62. The molecule has 2 aromatic carbocycles. The van der Waals surface area contributed by atoms with Crippen LogP contribution >= 0.6 is 0 Å². The van der Waals surface area contributed by atoms with Crippen molar-refractivity contribution in [3.63, 3.8) is 0 Å². The van der Waals surface area contributed by atoms with Gasteiger partial charge in [0.25, 0.3) is 0 Å². The molecule has 0 bridgehead atoms. The lowest BCUT2D eigenvalue weighted by molar-refractivity contribution is 0.108. The summed E-state index contributed by atoms with van der Waals surface area (Å²) in [6, 6.07) is 18.3. The van der Waals surface area contributed by atoms with Crippen molar-refractivity contribution in [2.24, 2.45) is 5.73 Å². The number of hydrogen-bond donors (Lipinski definition) is 1. The molecule has 2 nitrogen and oxygen atoms in total. The lowest BCUT2D eigenvalue weighted by Crippen LogP contribution is -2.17. The molecule has 0 spiro atoms. The summed E-state index contributed by atoms with van der Waals surface area (Å²) in [7, 11) is 0. The number of nitrogens with two attached hydrogens (primary N) is 1. The van der Waals surface area contributed by atoms with E-state index in [0.29, 0.717) is 13.2 Å². The quantitative estimate of drug-likeness (QED) is 0.872. The largest absolute Gasteiger partial charge is 0.375 e. The SMILES string of the molecule is Cc1ccc(C(N)COCc2ccccc2)cc1. The summed E-state index contributed by atoms with van der Waals surface area (Å²) < 4.78 is 5.64. The fourth-order valence-electron chi connectivity index (χ4n) is 1.79. The fraction of sp³-hybridized carbons (Fsp3) is 0.250. The Labute approximate surface area is 108 Å². The van der Waals surface area contributed by atoms with Gasteiger partial charge >= 0.3 is 0 Å². The van der Waals surface area contributed by atoms with Crippen molar-refractivity contribution >= 4 is 0 Å². The van der Waals surface area contributed by atoms with Crippen molar-refractivity contribution < 1.29 is 4.74 Å². The zero-order chi connectivity index (χ0) is 12.8. The highest BCUT2D eigenvalue weighted by molar-refractivity contribution is 5.23. The highest BCUT2D eigenvalue weighted by Crippen LogP contribution is 2.12. The molecule has 1 atom stereocenters. The smallest absolute Gasteiger partial charge is 0.0717 e. The second kappa shape index (κ2) is 6.34. The van der Waals surface area contributed by atoms with Crippen LogP contribution in [-0.4, -0.2) is 6.61 Å². The number of hydrogen-bond acceptors (Lipinski definition) is 2. The van der Waals surface area contributed by atoms with Gasteiger partial charge in [-0.2, -0.15) is 0 Å². The molecule has 0 aromatic heterocycles. The Morgan fingerprint density at radius 3 is 2.33 bits per heavy atom. The maximum absolute atomic E-state index is 6.08. The van der Waals surface area contributed by atoms with Gasteiger partial charge in [-0.15, -0.1) is 0 Å². The molecule has 0 saturated carbocycles. The summed E-state index contributed by atoms with van der Waals surface area (Å²) in [4.78, 5) is 0. The highest BCUT2D eigenvalue weighted by atomic mass is 16.5. The Kier molecular flexibility index (Phi) is 4.51. The van der Waals surface area contributed by atoms with Crippen molar-refractivity contribution in [3.05, 3.63) is 71.3 Å². The topological polar surface area (TPSA) is 35.2 Å². The van der Waals surface area contributed by atoms with Crippen LogP contribution in [0.2, 0.25) is 0 Å². The van der Waals surface area contributed by atoms with Crippen LogP contribution in [0.25, 0.3) is 0 Å². The fourth-order valence-corrected chi connectivity index (χ4v) is 1.79. The van der Waals surface area contributed by atoms with Crippen molar-refractivity contribution in [1.29, 1.82) is 0 Å². The van der Waals surface area contributed by atoms with Gasteiger partial charge < -0.3 is 10.5 Å². The average molecular weight is 241 g/mol. The van der Waals surface area contributed by atoms with E-state index in [0.717, 1.165) is 5.56 Å². The van der Waals surface area contributed by atoms with Crippen LogP contribution in [0, 0.1) is 6.92 Å². The third-order valence-corrected chi connectivity index (χ3v) is 2.91. The number of aryl methyl sites for hydroxylation is 1. The van der Waals surface area contributed by atoms with Gasteiger partial charge in [0.15, 0.2) is 0 Å². The van der Waals surface area contributed by atoms with Crippen molar-refractivity contribution in [2.75, 3.05) is 6.61 Å². The molecule has 1 unspecified atom stereocenters. The van der Waals surface area contributed by atoms with Gasteiger partial charge in [-0.1, -0.05) is 60.2 Å². The van der Waals surface area contributed by atoms with E-state index in [-0.39, 0.29) is 6.04 Å². The zero-order valence-electron chi connectivity index (χ0n) is 10.7. The van der Waals surface area contributed by atoms with E-state index >= 15 is 0 Å². The summed E-state index contributed by atoms with van der Waals surface area (Å²) in [6.45, 7) is 3.22. The van der Waals surface area contributed by atoms with Crippen LogP contribution in [0.5, 0.6) is 0 Å². The minimum atomic E-state index is -0.0608. The van der Waals surface area contributed by atoms with E-state index in [1.165, 1.54) is 11.1 Å². The Balaban J connectivity index is 1.81. The maximum Gasteiger partial charge on any atom is 0.0717 e. The first kappa shape index (κ1) is 12.8. The van der Waals surface area contributed by atoms with Crippen LogP contribution in [0.15, 0.2) is 54.6 Å². The Morgan fingerprint density at radius 2 is 1.67 bits per heavy atom. The van der Waals surface area contributed by atoms with Crippen molar-refractivity contribution in [2.45, 2.75) is 19.6 Å². The molecule has 0 radical (unpaired) electrons. The molecular formula is C16H19NO. The van der Waals surface area contributed by atoms with Gasteiger partial charge in [0.05, 0.1) is 19.3 Å². The lowest BCUT2D eigenvalue weighted by Gasteiger charge is -2.13. The summed E-state index contributed by atoms with van der Waals surface area (Å²) >= 11 is 0. The van der Waals surface area contributed by atoms with Crippen LogP contribution in [0.3, 0.4) is 0 Å². The normalized spacial score (nSPS) is 12.3. The van der Waals surface area contributed by atoms with E-state index in [1.54, 1.807) is 0 Å². The number of benzene rings is 2. The van der Waals surface area contributed by atoms with Gasteiger partial charge in [-0.25, -0.2) is 0 Å². The van der Waals surface area contributed by atoms with E-state index < -0.39 is 0 Å². The Bertz CT molecular complexity index is 464. The molecule has 2 aromatic rings. The van der Waals surface area contributed by atoms with Crippen LogP contribution in [-0.2, 0) is 11.3 Å². The first-order chi connectivity index (χ1) is 8.75. The number of ether oxygens (including phenoxy) is 1. The Hall–Kier alpha value is -1.64. The second-order valence-electron chi connectivity index (χ2n) is 4.52. The molecule has 0 aliphatic rings. The van der Waals surface area contributed by atoms with Gasteiger partial charge in [0.1, 0.15) is 0 Å². The molecule has 94 valence electrons. The zero-order valence-corrected chi connectivity index (χ0v) is 10.7. The molecule has 2 heteroatoms. The first-order valence-corrected chi connectivity index (χ1v) is 6.19.